The van der Waals surface area contributed by atoms with Crippen LogP contribution >= 0.6 is 0 Å². The number of rotatable bonds is 4. The van der Waals surface area contributed by atoms with Crippen molar-refractivity contribution in [1.29, 1.82) is 0 Å². The fourth-order valence-corrected chi connectivity index (χ4v) is 3.91. The lowest BCUT2D eigenvalue weighted by molar-refractivity contribution is 0.0349. The van der Waals surface area contributed by atoms with Gasteiger partial charge in [0, 0.05) is 41.8 Å². The van der Waals surface area contributed by atoms with Gasteiger partial charge in [-0.05, 0) is 60.9 Å². The van der Waals surface area contributed by atoms with E-state index in [9.17, 15) is 4.79 Å². The third-order valence-corrected chi connectivity index (χ3v) is 5.77. The number of anilines is 1. The average Bonchev–Trinajstić information content (AvgIpc) is 3.31. The van der Waals surface area contributed by atoms with Gasteiger partial charge in [0.2, 0.25) is 12.2 Å². The number of nitrogens with one attached hydrogen (secondary N) is 2. The van der Waals surface area contributed by atoms with Crippen LogP contribution in [0.3, 0.4) is 0 Å². The summed E-state index contributed by atoms with van der Waals surface area (Å²) in [4.78, 5) is 32.1. The van der Waals surface area contributed by atoms with E-state index in [1.54, 1.807) is 17.8 Å². The second-order valence-electron chi connectivity index (χ2n) is 7.97. The van der Waals surface area contributed by atoms with Crippen LogP contribution in [-0.4, -0.2) is 20.5 Å². The molecule has 0 bridgehead atoms. The maximum absolute atomic E-state index is 13.2. The Morgan fingerprint density at radius 3 is 2.79 bits per heavy atom. The maximum atomic E-state index is 13.2. The number of aromatic nitrogens is 3. The van der Waals surface area contributed by atoms with Gasteiger partial charge in [-0.25, -0.2) is 15.3 Å². The molecule has 5 rings (SSSR count). The number of fused-ring (bicyclic) bond motifs is 1. The first kappa shape index (κ1) is 20.8. The summed E-state index contributed by atoms with van der Waals surface area (Å²) in [5.41, 5.74) is 8.57. The Morgan fingerprint density at radius 1 is 1.12 bits per heavy atom. The highest BCUT2D eigenvalue weighted by atomic mass is 16.7. The fraction of sp³-hybridized carbons (Fsp3) is 0.200. The molecule has 1 aromatic carbocycles. The lowest BCUT2D eigenvalue weighted by Gasteiger charge is -2.13. The van der Waals surface area contributed by atoms with Crippen molar-refractivity contribution in [2.45, 2.75) is 26.5 Å². The number of nitrogens with zero attached hydrogens (tertiary/aromatic N) is 4. The Hall–Kier alpha value is -4.04. The first-order valence-corrected chi connectivity index (χ1v) is 10.8. The zero-order valence-electron chi connectivity index (χ0n) is 18.7. The molecule has 2 N–H and O–H groups in total. The number of hydrogen-bond donors (Lipinski definition) is 2. The van der Waals surface area contributed by atoms with Crippen molar-refractivity contribution >= 4 is 22.5 Å². The van der Waals surface area contributed by atoms with E-state index in [1.165, 1.54) is 0 Å². The van der Waals surface area contributed by atoms with E-state index >= 15 is 0 Å². The van der Waals surface area contributed by atoms with Gasteiger partial charge in [0.05, 0.1) is 11.2 Å². The standard InChI is InChI=1S/C25H24N6O2/c1-4-17-13-22-16(14-27-17)11-20(24(32)31(22)3)19-12-18(9-8-15(19)2)28-25-29-23(33-30-25)21-7-5-6-10-26-21/h5-14,23H,4H2,1-3H3,(H2,28,29,30). The zero-order chi connectivity index (χ0) is 22.9. The summed E-state index contributed by atoms with van der Waals surface area (Å²) in [7, 11) is 1.80. The third kappa shape index (κ3) is 3.96. The fourth-order valence-electron chi connectivity index (χ4n) is 3.91. The average molecular weight is 441 g/mol. The first-order chi connectivity index (χ1) is 16.0. The number of hydroxylamine groups is 1. The quantitative estimate of drug-likeness (QED) is 0.500. The van der Waals surface area contributed by atoms with Gasteiger partial charge in [-0.1, -0.05) is 19.1 Å². The molecule has 1 aliphatic heterocycles. The molecule has 0 saturated carbocycles. The number of guanidine groups is 1. The first-order valence-electron chi connectivity index (χ1n) is 10.8. The summed E-state index contributed by atoms with van der Waals surface area (Å²) in [6.07, 6.45) is 3.84. The van der Waals surface area contributed by atoms with Crippen LogP contribution < -0.4 is 16.4 Å². The van der Waals surface area contributed by atoms with Gasteiger partial charge in [0.1, 0.15) is 0 Å². The molecule has 0 amide bonds. The number of benzene rings is 1. The molecule has 166 valence electrons. The molecule has 1 unspecified atom stereocenters. The third-order valence-electron chi connectivity index (χ3n) is 5.77. The van der Waals surface area contributed by atoms with Crippen LogP contribution in [-0.2, 0) is 18.3 Å². The summed E-state index contributed by atoms with van der Waals surface area (Å²) in [5.74, 6) is 0.475. The van der Waals surface area contributed by atoms with Crippen LogP contribution in [0.1, 0.15) is 30.1 Å². The molecule has 0 radical (unpaired) electrons. The molecule has 33 heavy (non-hydrogen) atoms. The van der Waals surface area contributed by atoms with Gasteiger partial charge in [-0.15, -0.1) is 0 Å². The summed E-state index contributed by atoms with van der Waals surface area (Å²) in [6, 6.07) is 15.4. The van der Waals surface area contributed by atoms with Crippen molar-refractivity contribution in [2.75, 3.05) is 5.32 Å². The molecule has 8 heteroatoms. The molecular formula is C25H24N6O2. The summed E-state index contributed by atoms with van der Waals surface area (Å²) in [5, 5.41) is 4.16. The van der Waals surface area contributed by atoms with E-state index < -0.39 is 6.23 Å². The molecular weight excluding hydrogens is 416 g/mol. The van der Waals surface area contributed by atoms with Crippen LogP contribution in [0.2, 0.25) is 0 Å². The molecule has 0 spiro atoms. The molecule has 1 atom stereocenters. The predicted molar refractivity (Wildman–Crippen MR) is 129 cm³/mol. The smallest absolute Gasteiger partial charge is 0.258 e. The molecule has 4 heterocycles. The zero-order valence-corrected chi connectivity index (χ0v) is 18.7. The summed E-state index contributed by atoms with van der Waals surface area (Å²) >= 11 is 0. The number of aliphatic imine (C=N–C) groups is 1. The number of hydrogen-bond acceptors (Lipinski definition) is 7. The lowest BCUT2D eigenvalue weighted by atomic mass is 9.99. The van der Waals surface area contributed by atoms with E-state index in [2.05, 4.69) is 32.7 Å². The van der Waals surface area contributed by atoms with Crippen molar-refractivity contribution in [3.63, 3.8) is 0 Å². The Kier molecular flexibility index (Phi) is 5.35. The minimum atomic E-state index is -0.521. The van der Waals surface area contributed by atoms with Gasteiger partial charge in [0.15, 0.2) is 0 Å². The van der Waals surface area contributed by atoms with Crippen LogP contribution in [0.25, 0.3) is 22.0 Å². The van der Waals surface area contributed by atoms with Crippen LogP contribution in [0.4, 0.5) is 5.69 Å². The van der Waals surface area contributed by atoms with Crippen molar-refractivity contribution < 1.29 is 4.84 Å². The van der Waals surface area contributed by atoms with Crippen molar-refractivity contribution in [1.82, 2.24) is 20.0 Å². The van der Waals surface area contributed by atoms with Crippen LogP contribution in [0, 0.1) is 6.92 Å². The van der Waals surface area contributed by atoms with Gasteiger partial charge in [0.25, 0.3) is 5.56 Å². The molecule has 8 nitrogen and oxygen atoms in total. The number of aryl methyl sites for hydroxylation is 3. The molecule has 0 saturated heterocycles. The van der Waals surface area contributed by atoms with Gasteiger partial charge < -0.3 is 9.88 Å². The second-order valence-corrected chi connectivity index (χ2v) is 7.97. The number of pyridine rings is 3. The van der Waals surface area contributed by atoms with Crippen molar-refractivity contribution in [2.24, 2.45) is 12.0 Å². The Balaban J connectivity index is 1.49. The van der Waals surface area contributed by atoms with E-state index in [-0.39, 0.29) is 5.56 Å². The Morgan fingerprint density at radius 2 is 2.00 bits per heavy atom. The summed E-state index contributed by atoms with van der Waals surface area (Å²) in [6.45, 7) is 4.04. The highest BCUT2D eigenvalue weighted by Gasteiger charge is 2.21. The predicted octanol–water partition coefficient (Wildman–Crippen LogP) is 3.87. The summed E-state index contributed by atoms with van der Waals surface area (Å²) < 4.78 is 1.69. The van der Waals surface area contributed by atoms with Gasteiger partial charge >= 0.3 is 0 Å². The largest absolute Gasteiger partial charge is 0.325 e. The maximum Gasteiger partial charge on any atom is 0.258 e. The molecule has 0 aliphatic carbocycles. The highest BCUT2D eigenvalue weighted by molar-refractivity contribution is 5.95. The lowest BCUT2D eigenvalue weighted by Crippen LogP contribution is -2.25. The Bertz CT molecular complexity index is 1430. The van der Waals surface area contributed by atoms with Crippen LogP contribution in [0.15, 0.2) is 70.7 Å². The monoisotopic (exact) mass is 440 g/mol. The Labute approximate surface area is 191 Å². The molecule has 3 aromatic heterocycles. The van der Waals surface area contributed by atoms with E-state index in [1.807, 2.05) is 61.7 Å². The molecule has 4 aromatic rings. The highest BCUT2D eigenvalue weighted by Crippen LogP contribution is 2.27. The van der Waals surface area contributed by atoms with Crippen molar-refractivity contribution in [3.05, 3.63) is 88.2 Å². The molecule has 1 aliphatic rings. The van der Waals surface area contributed by atoms with Gasteiger partial charge in [-0.2, -0.15) is 0 Å². The minimum Gasteiger partial charge on any atom is -0.325 e. The van der Waals surface area contributed by atoms with E-state index in [4.69, 9.17) is 4.84 Å². The SMILES string of the molecule is CCc1cc2c(cn1)cc(-c1cc(NC3=NC(c4ccccn4)ON3)ccc1C)c(=O)n2C. The second kappa shape index (κ2) is 8.48. The van der Waals surface area contributed by atoms with Crippen molar-refractivity contribution in [3.8, 4) is 11.1 Å². The van der Waals surface area contributed by atoms with E-state index in [0.29, 0.717) is 17.2 Å². The normalized spacial score (nSPS) is 15.4. The van der Waals surface area contributed by atoms with Crippen LogP contribution in [0.5, 0.6) is 0 Å². The minimum absolute atomic E-state index is 0.0501. The molecule has 0 fully saturated rings. The van der Waals surface area contributed by atoms with Gasteiger partial charge in [-0.3, -0.25) is 14.8 Å². The topological polar surface area (TPSA) is 93.4 Å². The van der Waals surface area contributed by atoms with E-state index in [0.717, 1.165) is 39.8 Å².